The van der Waals surface area contributed by atoms with Crippen LogP contribution in [0, 0.1) is 23.8 Å². The van der Waals surface area contributed by atoms with E-state index in [9.17, 15) is 14.7 Å². The van der Waals surface area contributed by atoms with Gasteiger partial charge in [-0.15, -0.1) is 0 Å². The molecule has 3 aromatic rings. The molecule has 2 N–H and O–H groups in total. The van der Waals surface area contributed by atoms with Gasteiger partial charge in [-0.05, 0) is 23.6 Å². The normalized spacial score (nSPS) is 9.71. The summed E-state index contributed by atoms with van der Waals surface area (Å²) < 4.78 is 2.62. The first-order valence-electron chi connectivity index (χ1n) is 8.11. The van der Waals surface area contributed by atoms with Crippen molar-refractivity contribution in [3.05, 3.63) is 76.4 Å². The molecule has 8 heteroatoms. The van der Waals surface area contributed by atoms with Crippen molar-refractivity contribution in [3.63, 3.8) is 0 Å². The Bertz CT molecular complexity index is 1170. The van der Waals surface area contributed by atoms with E-state index in [0.29, 0.717) is 6.54 Å². The molecule has 0 bridgehead atoms. The molecule has 0 aliphatic heterocycles. The molecule has 2 aromatic heterocycles. The van der Waals surface area contributed by atoms with Gasteiger partial charge in [0.05, 0.1) is 24.6 Å². The number of aromatic nitrogens is 4. The van der Waals surface area contributed by atoms with Crippen molar-refractivity contribution in [3.8, 4) is 29.7 Å². The van der Waals surface area contributed by atoms with Gasteiger partial charge in [0.25, 0.3) is 5.56 Å². The fraction of sp³-hybridized carbons (Fsp3) is 0.100. The molecule has 2 heterocycles. The van der Waals surface area contributed by atoms with Gasteiger partial charge >= 0.3 is 5.97 Å². The number of carbonyl (C=O) groups is 1. The minimum absolute atomic E-state index is 0.0415. The standard InChI is InChI=1S/C20H14N4O4/c25-18-13-22-17(4-2-10-23-12-9-21-14-23)19(26)24(18)11-1-3-15-5-7-16(8-6-15)20(27)28/h5-9,12-14,26H,3,10H2,(H,27,28). The highest BCUT2D eigenvalue weighted by Crippen LogP contribution is 2.09. The first-order valence-corrected chi connectivity index (χ1v) is 8.11. The van der Waals surface area contributed by atoms with Crippen LogP contribution in [0.15, 0.2) is 54.0 Å². The van der Waals surface area contributed by atoms with Crippen LogP contribution in [0.3, 0.4) is 0 Å². The molecule has 0 fully saturated rings. The summed E-state index contributed by atoms with van der Waals surface area (Å²) >= 11 is 0. The minimum Gasteiger partial charge on any atom is -0.492 e. The van der Waals surface area contributed by atoms with Gasteiger partial charge in [0.2, 0.25) is 5.88 Å². The number of rotatable bonds is 3. The van der Waals surface area contributed by atoms with E-state index >= 15 is 0 Å². The second-order valence-electron chi connectivity index (χ2n) is 5.61. The van der Waals surface area contributed by atoms with Gasteiger partial charge in [-0.25, -0.2) is 14.8 Å². The first kappa shape index (κ1) is 18.5. The Morgan fingerprint density at radius 3 is 2.64 bits per heavy atom. The van der Waals surface area contributed by atoms with E-state index in [1.165, 1.54) is 12.1 Å². The van der Waals surface area contributed by atoms with Crippen molar-refractivity contribution < 1.29 is 15.0 Å². The molecule has 0 atom stereocenters. The predicted molar refractivity (Wildman–Crippen MR) is 99.5 cm³/mol. The SMILES string of the molecule is O=C(O)c1ccc(CC#Cn2c(O)c(C#CCn3ccnc3)ncc2=O)cc1. The summed E-state index contributed by atoms with van der Waals surface area (Å²) in [5.41, 5.74) is 0.421. The van der Waals surface area contributed by atoms with E-state index in [-0.39, 0.29) is 17.7 Å². The zero-order chi connectivity index (χ0) is 19.9. The third-order valence-corrected chi connectivity index (χ3v) is 3.66. The summed E-state index contributed by atoms with van der Waals surface area (Å²) in [6.45, 7) is 0.359. The topological polar surface area (TPSA) is 110 Å². The lowest BCUT2D eigenvalue weighted by Crippen LogP contribution is -2.17. The molecule has 28 heavy (non-hydrogen) atoms. The van der Waals surface area contributed by atoms with Crippen LogP contribution in [0.5, 0.6) is 5.88 Å². The third-order valence-electron chi connectivity index (χ3n) is 3.66. The van der Waals surface area contributed by atoms with Crippen molar-refractivity contribution in [1.29, 1.82) is 0 Å². The number of imidazole rings is 1. The molecule has 0 spiro atoms. The maximum atomic E-state index is 11.9. The summed E-state index contributed by atoms with van der Waals surface area (Å²) in [6.07, 6.45) is 6.30. The Hall–Kier alpha value is -4.30. The van der Waals surface area contributed by atoms with E-state index in [0.717, 1.165) is 16.3 Å². The molecular weight excluding hydrogens is 360 g/mol. The summed E-state index contributed by atoms with van der Waals surface area (Å²) in [4.78, 5) is 30.5. The van der Waals surface area contributed by atoms with Crippen LogP contribution in [0.4, 0.5) is 0 Å². The summed E-state index contributed by atoms with van der Waals surface area (Å²) in [6, 6.07) is 8.81. The molecule has 0 radical (unpaired) electrons. The molecule has 8 nitrogen and oxygen atoms in total. The Morgan fingerprint density at radius 2 is 1.96 bits per heavy atom. The quantitative estimate of drug-likeness (QED) is 0.661. The van der Waals surface area contributed by atoms with Gasteiger partial charge in [0.1, 0.15) is 0 Å². The highest BCUT2D eigenvalue weighted by molar-refractivity contribution is 5.87. The molecular formula is C20H14N4O4. The molecule has 0 aliphatic carbocycles. The molecule has 0 aliphatic rings. The van der Waals surface area contributed by atoms with E-state index in [1.807, 2.05) is 0 Å². The Morgan fingerprint density at radius 1 is 1.18 bits per heavy atom. The second-order valence-corrected chi connectivity index (χ2v) is 5.61. The summed E-state index contributed by atoms with van der Waals surface area (Å²) in [5, 5.41) is 19.1. The average Bonchev–Trinajstić information content (AvgIpc) is 3.20. The molecule has 138 valence electrons. The van der Waals surface area contributed by atoms with Crippen LogP contribution < -0.4 is 5.56 Å². The van der Waals surface area contributed by atoms with E-state index in [1.54, 1.807) is 35.4 Å². The lowest BCUT2D eigenvalue weighted by Gasteiger charge is -2.01. The van der Waals surface area contributed by atoms with Crippen LogP contribution in [0.1, 0.15) is 21.6 Å². The number of carboxylic acids is 1. The van der Waals surface area contributed by atoms with Gasteiger partial charge in [-0.1, -0.05) is 24.0 Å². The number of benzene rings is 1. The molecule has 0 saturated carbocycles. The lowest BCUT2D eigenvalue weighted by molar-refractivity contribution is 0.0697. The maximum absolute atomic E-state index is 11.9. The summed E-state index contributed by atoms with van der Waals surface area (Å²) in [7, 11) is 0. The van der Waals surface area contributed by atoms with Gasteiger partial charge < -0.3 is 14.8 Å². The summed E-state index contributed by atoms with van der Waals surface area (Å²) in [5.74, 6) is 6.86. The number of nitrogens with zero attached hydrogens (tertiary/aromatic N) is 4. The third kappa shape index (κ3) is 4.45. The van der Waals surface area contributed by atoms with Crippen LogP contribution in [0.25, 0.3) is 0 Å². The van der Waals surface area contributed by atoms with Crippen molar-refractivity contribution in [2.75, 3.05) is 0 Å². The van der Waals surface area contributed by atoms with Gasteiger partial charge in [-0.2, -0.15) is 4.57 Å². The maximum Gasteiger partial charge on any atom is 0.335 e. The highest BCUT2D eigenvalue weighted by Gasteiger charge is 2.07. The number of carboxylic acid groups (broad SMARTS) is 1. The Labute approximate surface area is 159 Å². The van der Waals surface area contributed by atoms with E-state index in [4.69, 9.17) is 5.11 Å². The minimum atomic E-state index is -1.01. The van der Waals surface area contributed by atoms with Crippen LogP contribution in [0.2, 0.25) is 0 Å². The number of aromatic carboxylic acids is 1. The highest BCUT2D eigenvalue weighted by atomic mass is 16.4. The van der Waals surface area contributed by atoms with Gasteiger partial charge in [0.15, 0.2) is 5.69 Å². The second kappa shape index (κ2) is 8.39. The largest absolute Gasteiger partial charge is 0.492 e. The number of aromatic hydroxyl groups is 1. The number of hydrogen-bond acceptors (Lipinski definition) is 5. The van der Waals surface area contributed by atoms with Crippen molar-refractivity contribution in [1.82, 2.24) is 19.1 Å². The molecule has 3 rings (SSSR count). The zero-order valence-corrected chi connectivity index (χ0v) is 14.5. The Balaban J connectivity index is 1.77. The first-order chi connectivity index (χ1) is 13.5. The average molecular weight is 374 g/mol. The smallest absolute Gasteiger partial charge is 0.335 e. The van der Waals surface area contributed by atoms with Gasteiger partial charge in [0, 0.05) is 24.9 Å². The number of hydrogen-bond donors (Lipinski definition) is 2. The fourth-order valence-electron chi connectivity index (χ4n) is 2.22. The van der Waals surface area contributed by atoms with Crippen LogP contribution >= 0.6 is 0 Å². The molecule has 1 aromatic carbocycles. The van der Waals surface area contributed by atoms with Crippen molar-refractivity contribution >= 4 is 5.97 Å². The fourth-order valence-corrected chi connectivity index (χ4v) is 2.22. The molecule has 0 saturated heterocycles. The molecule has 0 unspecified atom stereocenters. The van der Waals surface area contributed by atoms with E-state index < -0.39 is 17.4 Å². The monoisotopic (exact) mass is 374 g/mol. The molecule has 0 amide bonds. The Kier molecular flexibility index (Phi) is 5.54. The van der Waals surface area contributed by atoms with Crippen molar-refractivity contribution in [2.24, 2.45) is 0 Å². The predicted octanol–water partition coefficient (Wildman–Crippen LogP) is 0.947. The zero-order valence-electron chi connectivity index (χ0n) is 14.5. The van der Waals surface area contributed by atoms with Crippen molar-refractivity contribution in [2.45, 2.75) is 13.0 Å². The lowest BCUT2D eigenvalue weighted by atomic mass is 10.1. The van der Waals surface area contributed by atoms with Crippen LogP contribution in [-0.2, 0) is 13.0 Å². The van der Waals surface area contributed by atoms with Crippen LogP contribution in [-0.4, -0.2) is 35.3 Å². The van der Waals surface area contributed by atoms with Gasteiger partial charge in [-0.3, -0.25) is 4.79 Å². The van der Waals surface area contributed by atoms with E-state index in [2.05, 4.69) is 33.8 Å².